The molecule has 1 fully saturated rings. The zero-order valence-electron chi connectivity index (χ0n) is 11.6. The second-order valence-electron chi connectivity index (χ2n) is 5.45. The Kier molecular flexibility index (Phi) is 4.32. The van der Waals surface area contributed by atoms with Gasteiger partial charge in [-0.05, 0) is 25.8 Å². The van der Waals surface area contributed by atoms with Crippen LogP contribution in [0.25, 0.3) is 0 Å². The van der Waals surface area contributed by atoms with Crippen LogP contribution >= 0.6 is 0 Å². The highest BCUT2D eigenvalue weighted by molar-refractivity contribution is 5.54. The van der Waals surface area contributed by atoms with Crippen molar-refractivity contribution in [3.05, 3.63) is 23.8 Å². The van der Waals surface area contributed by atoms with E-state index in [1.165, 1.54) is 0 Å². The number of anilines is 1. The molecule has 0 saturated heterocycles. The molecule has 0 aliphatic heterocycles. The number of aliphatic hydroxyl groups is 2. The lowest BCUT2D eigenvalue weighted by molar-refractivity contribution is 0.106. The minimum atomic E-state index is -0.681. The number of benzene rings is 1. The Morgan fingerprint density at radius 2 is 1.95 bits per heavy atom. The number of nitrogens with zero attached hydrogens (tertiary/aromatic N) is 1. The van der Waals surface area contributed by atoms with Crippen molar-refractivity contribution in [2.24, 2.45) is 0 Å². The summed E-state index contributed by atoms with van der Waals surface area (Å²) >= 11 is 0. The molecular formula is C15H23NO3. The highest BCUT2D eigenvalue weighted by atomic mass is 16.3. The Bertz CT molecular complexity index is 433. The maximum absolute atomic E-state index is 10.1. The number of aliphatic hydroxyl groups excluding tert-OH is 2. The Morgan fingerprint density at radius 1 is 1.26 bits per heavy atom. The molecule has 1 aliphatic carbocycles. The molecule has 1 aromatic carbocycles. The molecule has 0 radical (unpaired) electrons. The summed E-state index contributed by atoms with van der Waals surface area (Å²) in [5.41, 5.74) is 1.40. The topological polar surface area (TPSA) is 63.9 Å². The smallest absolute Gasteiger partial charge is 0.123 e. The summed E-state index contributed by atoms with van der Waals surface area (Å²) in [5.74, 6) is 0.102. The van der Waals surface area contributed by atoms with Crippen molar-refractivity contribution in [1.29, 1.82) is 0 Å². The van der Waals surface area contributed by atoms with Gasteiger partial charge in [-0.1, -0.05) is 18.9 Å². The third-order valence-corrected chi connectivity index (χ3v) is 4.06. The van der Waals surface area contributed by atoms with Gasteiger partial charge in [-0.3, -0.25) is 0 Å². The van der Waals surface area contributed by atoms with Crippen LogP contribution in [-0.4, -0.2) is 34.5 Å². The lowest BCUT2D eigenvalue weighted by Crippen LogP contribution is -2.43. The Morgan fingerprint density at radius 3 is 2.53 bits per heavy atom. The summed E-state index contributed by atoms with van der Waals surface area (Å²) < 4.78 is 0. The lowest BCUT2D eigenvalue weighted by atomic mass is 9.91. The average molecular weight is 265 g/mol. The van der Waals surface area contributed by atoms with E-state index in [0.29, 0.717) is 5.56 Å². The molecule has 1 aromatic rings. The highest BCUT2D eigenvalue weighted by Crippen LogP contribution is 2.32. The van der Waals surface area contributed by atoms with Crippen LogP contribution in [0.4, 0.5) is 5.69 Å². The number of phenols is 1. The molecule has 0 amide bonds. The van der Waals surface area contributed by atoms with E-state index in [1.807, 2.05) is 18.0 Å². The second kappa shape index (κ2) is 5.80. The van der Waals surface area contributed by atoms with Crippen LogP contribution < -0.4 is 4.90 Å². The van der Waals surface area contributed by atoms with E-state index in [0.717, 1.165) is 31.4 Å². The number of aromatic hydroxyl groups is 1. The molecule has 3 N–H and O–H groups in total. The van der Waals surface area contributed by atoms with Crippen LogP contribution in [0.2, 0.25) is 0 Å². The van der Waals surface area contributed by atoms with Crippen molar-refractivity contribution < 1.29 is 15.3 Å². The standard InChI is InChI=1S/C15H23NO3/c1-10(17)12-8-7-11(9-15(12)19)16(2)13-5-3-4-6-14(13)18/h7-10,13-14,17-19H,3-6H2,1-2H3. The fourth-order valence-corrected chi connectivity index (χ4v) is 2.84. The number of likely N-dealkylation sites (N-methyl/N-ethyl adjacent to an activating group) is 1. The quantitative estimate of drug-likeness (QED) is 0.784. The van der Waals surface area contributed by atoms with E-state index in [-0.39, 0.29) is 17.9 Å². The Labute approximate surface area is 114 Å². The molecule has 2 rings (SSSR count). The SMILES string of the molecule is CC(O)c1ccc(N(C)C2CCCCC2O)cc1O. The predicted molar refractivity (Wildman–Crippen MR) is 75.4 cm³/mol. The van der Waals surface area contributed by atoms with Crippen molar-refractivity contribution in [2.75, 3.05) is 11.9 Å². The molecule has 1 saturated carbocycles. The zero-order chi connectivity index (χ0) is 14.0. The summed E-state index contributed by atoms with van der Waals surface area (Å²) in [5, 5.41) is 29.5. The summed E-state index contributed by atoms with van der Waals surface area (Å²) in [6, 6.07) is 5.37. The molecule has 3 unspecified atom stereocenters. The van der Waals surface area contributed by atoms with Crippen molar-refractivity contribution in [3.8, 4) is 5.75 Å². The molecule has 19 heavy (non-hydrogen) atoms. The van der Waals surface area contributed by atoms with Crippen LogP contribution in [0.3, 0.4) is 0 Å². The van der Waals surface area contributed by atoms with Gasteiger partial charge in [0.1, 0.15) is 5.75 Å². The second-order valence-corrected chi connectivity index (χ2v) is 5.45. The molecule has 0 spiro atoms. The molecule has 1 aliphatic rings. The fraction of sp³-hybridized carbons (Fsp3) is 0.600. The highest BCUT2D eigenvalue weighted by Gasteiger charge is 2.27. The number of rotatable bonds is 3. The summed E-state index contributed by atoms with van der Waals surface area (Å²) in [7, 11) is 1.94. The first-order valence-electron chi connectivity index (χ1n) is 6.92. The van der Waals surface area contributed by atoms with Crippen LogP contribution in [0.1, 0.15) is 44.3 Å². The molecule has 0 bridgehead atoms. The van der Waals surface area contributed by atoms with Gasteiger partial charge in [0, 0.05) is 24.4 Å². The summed E-state index contributed by atoms with van der Waals surface area (Å²) in [6.45, 7) is 1.63. The van der Waals surface area contributed by atoms with Crippen LogP contribution in [-0.2, 0) is 0 Å². The predicted octanol–water partition coefficient (Wildman–Crippen LogP) is 2.19. The van der Waals surface area contributed by atoms with Gasteiger partial charge in [0.15, 0.2) is 0 Å². The molecule has 106 valence electrons. The van der Waals surface area contributed by atoms with Crippen molar-refractivity contribution >= 4 is 5.69 Å². The number of hydrogen-bond donors (Lipinski definition) is 3. The maximum Gasteiger partial charge on any atom is 0.123 e. The van der Waals surface area contributed by atoms with E-state index in [1.54, 1.807) is 19.1 Å². The van der Waals surface area contributed by atoms with Gasteiger partial charge in [-0.25, -0.2) is 0 Å². The Balaban J connectivity index is 2.19. The maximum atomic E-state index is 10.1. The summed E-state index contributed by atoms with van der Waals surface area (Å²) in [4.78, 5) is 2.02. The van der Waals surface area contributed by atoms with E-state index < -0.39 is 6.10 Å². The average Bonchev–Trinajstić information content (AvgIpc) is 2.38. The molecule has 4 heteroatoms. The van der Waals surface area contributed by atoms with Crippen molar-refractivity contribution in [2.45, 2.75) is 50.9 Å². The first-order valence-corrected chi connectivity index (χ1v) is 6.92. The fourth-order valence-electron chi connectivity index (χ4n) is 2.84. The lowest BCUT2D eigenvalue weighted by Gasteiger charge is -2.36. The van der Waals surface area contributed by atoms with Gasteiger partial charge < -0.3 is 20.2 Å². The number of phenolic OH excluding ortho intramolecular Hbond substituents is 1. The molecular weight excluding hydrogens is 242 g/mol. The first-order chi connectivity index (χ1) is 9.00. The normalized spacial score (nSPS) is 25.1. The molecule has 0 aromatic heterocycles. The zero-order valence-corrected chi connectivity index (χ0v) is 11.6. The minimum absolute atomic E-state index is 0.102. The molecule has 0 heterocycles. The Hall–Kier alpha value is -1.26. The summed E-state index contributed by atoms with van der Waals surface area (Å²) in [6.07, 6.45) is 3.03. The van der Waals surface area contributed by atoms with Gasteiger partial charge >= 0.3 is 0 Å². The third kappa shape index (κ3) is 3.01. The first kappa shape index (κ1) is 14.2. The van der Waals surface area contributed by atoms with Gasteiger partial charge in [-0.15, -0.1) is 0 Å². The van der Waals surface area contributed by atoms with Crippen LogP contribution in [0, 0.1) is 0 Å². The van der Waals surface area contributed by atoms with E-state index in [2.05, 4.69) is 0 Å². The van der Waals surface area contributed by atoms with Crippen LogP contribution in [0.15, 0.2) is 18.2 Å². The number of hydrogen-bond acceptors (Lipinski definition) is 4. The van der Waals surface area contributed by atoms with E-state index in [9.17, 15) is 15.3 Å². The largest absolute Gasteiger partial charge is 0.507 e. The van der Waals surface area contributed by atoms with Gasteiger partial charge in [-0.2, -0.15) is 0 Å². The van der Waals surface area contributed by atoms with Crippen LogP contribution in [0.5, 0.6) is 5.75 Å². The van der Waals surface area contributed by atoms with E-state index >= 15 is 0 Å². The van der Waals surface area contributed by atoms with E-state index in [4.69, 9.17) is 0 Å². The van der Waals surface area contributed by atoms with Crippen molar-refractivity contribution in [3.63, 3.8) is 0 Å². The van der Waals surface area contributed by atoms with Crippen molar-refractivity contribution in [1.82, 2.24) is 0 Å². The monoisotopic (exact) mass is 265 g/mol. The minimum Gasteiger partial charge on any atom is -0.507 e. The molecule has 4 nitrogen and oxygen atoms in total. The van der Waals surface area contributed by atoms with Gasteiger partial charge in [0.2, 0.25) is 0 Å². The van der Waals surface area contributed by atoms with Gasteiger partial charge in [0.25, 0.3) is 0 Å². The third-order valence-electron chi connectivity index (χ3n) is 4.06. The van der Waals surface area contributed by atoms with Gasteiger partial charge in [0.05, 0.1) is 18.2 Å². The molecule has 3 atom stereocenters.